The molecule has 0 saturated carbocycles. The second-order valence-electron chi connectivity index (χ2n) is 5.01. The first-order chi connectivity index (χ1) is 9.60. The number of nitrogens with zero attached hydrogens (tertiary/aromatic N) is 5. The lowest BCUT2D eigenvalue weighted by atomic mass is 10.0. The molecular weight excluding hydrogens is 256 g/mol. The Morgan fingerprint density at radius 3 is 2.65 bits per heavy atom. The molecular formula is C13H20N6O. The Bertz CT molecular complexity index is 553. The Hall–Kier alpha value is -2.18. The molecule has 0 bridgehead atoms. The molecule has 108 valence electrons. The number of hydrogen-bond acceptors (Lipinski definition) is 6. The Balaban J connectivity index is 2.21. The van der Waals surface area contributed by atoms with E-state index in [4.69, 9.17) is 4.74 Å². The van der Waals surface area contributed by atoms with Crippen molar-refractivity contribution in [2.45, 2.75) is 26.3 Å². The van der Waals surface area contributed by atoms with Crippen LogP contribution in [0.2, 0.25) is 0 Å². The number of ether oxygens (including phenoxy) is 1. The highest BCUT2D eigenvalue weighted by molar-refractivity contribution is 5.38. The highest BCUT2D eigenvalue weighted by Crippen LogP contribution is 2.24. The van der Waals surface area contributed by atoms with Crippen LogP contribution in [0.3, 0.4) is 0 Å². The predicted molar refractivity (Wildman–Crippen MR) is 75.4 cm³/mol. The number of methoxy groups -OCH3 is 1. The summed E-state index contributed by atoms with van der Waals surface area (Å²) in [6.45, 7) is 4.34. The first-order valence-corrected chi connectivity index (χ1v) is 6.56. The Kier molecular flexibility index (Phi) is 4.49. The normalized spacial score (nSPS) is 12.4. The third-order valence-electron chi connectivity index (χ3n) is 2.94. The molecule has 0 aliphatic carbocycles. The van der Waals surface area contributed by atoms with Crippen molar-refractivity contribution in [2.75, 3.05) is 12.4 Å². The zero-order valence-electron chi connectivity index (χ0n) is 12.2. The maximum absolute atomic E-state index is 5.11. The number of nitrogens with one attached hydrogen (secondary N) is 1. The van der Waals surface area contributed by atoms with Crippen LogP contribution in [0.5, 0.6) is 5.88 Å². The highest BCUT2D eigenvalue weighted by atomic mass is 16.5. The lowest BCUT2D eigenvalue weighted by Gasteiger charge is -2.20. The second kappa shape index (κ2) is 6.31. The molecule has 0 saturated heterocycles. The van der Waals surface area contributed by atoms with E-state index in [2.05, 4.69) is 39.2 Å². The largest absolute Gasteiger partial charge is 0.481 e. The molecule has 2 aromatic rings. The van der Waals surface area contributed by atoms with Crippen molar-refractivity contribution in [2.24, 2.45) is 13.0 Å². The second-order valence-corrected chi connectivity index (χ2v) is 5.01. The summed E-state index contributed by atoms with van der Waals surface area (Å²) in [6.07, 6.45) is 3.97. The van der Waals surface area contributed by atoms with Gasteiger partial charge in [-0.05, 0) is 12.3 Å². The molecule has 0 aromatic carbocycles. The SMILES string of the molecule is COc1cc(NC(CC(C)C)c2ncnn2C)ncn1. The molecule has 0 spiro atoms. The Labute approximate surface area is 118 Å². The van der Waals surface area contributed by atoms with E-state index in [1.54, 1.807) is 24.2 Å². The van der Waals surface area contributed by atoms with Crippen molar-refractivity contribution >= 4 is 5.82 Å². The van der Waals surface area contributed by atoms with E-state index in [0.29, 0.717) is 17.6 Å². The fraction of sp³-hybridized carbons (Fsp3) is 0.538. The van der Waals surface area contributed by atoms with Crippen molar-refractivity contribution < 1.29 is 4.74 Å². The summed E-state index contributed by atoms with van der Waals surface area (Å²) in [6, 6.07) is 1.81. The van der Waals surface area contributed by atoms with Crippen LogP contribution in [0.4, 0.5) is 5.82 Å². The number of aromatic nitrogens is 5. The molecule has 2 aromatic heterocycles. The molecule has 0 aliphatic heterocycles. The van der Waals surface area contributed by atoms with Gasteiger partial charge in [-0.1, -0.05) is 13.8 Å². The van der Waals surface area contributed by atoms with Gasteiger partial charge < -0.3 is 10.1 Å². The average Bonchev–Trinajstić information content (AvgIpc) is 2.84. The van der Waals surface area contributed by atoms with Gasteiger partial charge in [0.1, 0.15) is 24.3 Å². The summed E-state index contributed by atoms with van der Waals surface area (Å²) in [7, 11) is 3.47. The number of hydrogen-bond donors (Lipinski definition) is 1. The van der Waals surface area contributed by atoms with Crippen LogP contribution in [-0.4, -0.2) is 31.8 Å². The average molecular weight is 276 g/mol. The molecule has 7 nitrogen and oxygen atoms in total. The van der Waals surface area contributed by atoms with E-state index in [-0.39, 0.29) is 6.04 Å². The molecule has 20 heavy (non-hydrogen) atoms. The van der Waals surface area contributed by atoms with Gasteiger partial charge in [-0.25, -0.2) is 15.0 Å². The molecule has 7 heteroatoms. The van der Waals surface area contributed by atoms with Gasteiger partial charge in [0.05, 0.1) is 13.2 Å². The minimum atomic E-state index is 0.0436. The van der Waals surface area contributed by atoms with Gasteiger partial charge in [-0.15, -0.1) is 0 Å². The summed E-state index contributed by atoms with van der Waals surface area (Å²) in [5, 5.41) is 7.50. The molecule has 0 aliphatic rings. The van der Waals surface area contributed by atoms with Crippen LogP contribution in [0.1, 0.15) is 32.1 Å². The van der Waals surface area contributed by atoms with Gasteiger partial charge in [0.15, 0.2) is 0 Å². The van der Waals surface area contributed by atoms with Gasteiger partial charge in [0.2, 0.25) is 5.88 Å². The van der Waals surface area contributed by atoms with Gasteiger partial charge in [0, 0.05) is 13.1 Å². The van der Waals surface area contributed by atoms with E-state index in [1.165, 1.54) is 6.33 Å². The standard InChI is InChI=1S/C13H20N6O/c1-9(2)5-10(13-16-8-17-19(13)3)18-11-6-12(20-4)15-7-14-11/h6-10H,5H2,1-4H3,(H,14,15,18). The van der Waals surface area contributed by atoms with Crippen LogP contribution in [0, 0.1) is 5.92 Å². The number of anilines is 1. The highest BCUT2D eigenvalue weighted by Gasteiger charge is 2.18. The fourth-order valence-corrected chi connectivity index (χ4v) is 2.03. The minimum Gasteiger partial charge on any atom is -0.481 e. The van der Waals surface area contributed by atoms with Crippen molar-refractivity contribution in [3.8, 4) is 5.88 Å². The minimum absolute atomic E-state index is 0.0436. The van der Waals surface area contributed by atoms with Crippen LogP contribution >= 0.6 is 0 Å². The number of rotatable bonds is 6. The molecule has 1 N–H and O–H groups in total. The summed E-state index contributed by atoms with van der Waals surface area (Å²) in [5.41, 5.74) is 0. The monoisotopic (exact) mass is 276 g/mol. The molecule has 0 amide bonds. The van der Waals surface area contributed by atoms with Crippen LogP contribution in [0.25, 0.3) is 0 Å². The van der Waals surface area contributed by atoms with Crippen molar-refractivity contribution in [3.05, 3.63) is 24.5 Å². The predicted octanol–water partition coefficient (Wildman–Crippen LogP) is 1.81. The van der Waals surface area contributed by atoms with Gasteiger partial charge in [-0.3, -0.25) is 4.68 Å². The fourth-order valence-electron chi connectivity index (χ4n) is 2.03. The van der Waals surface area contributed by atoms with Crippen molar-refractivity contribution in [1.29, 1.82) is 0 Å². The van der Waals surface area contributed by atoms with E-state index >= 15 is 0 Å². The first kappa shape index (κ1) is 14.2. The topological polar surface area (TPSA) is 77.8 Å². The van der Waals surface area contributed by atoms with Gasteiger partial charge in [-0.2, -0.15) is 5.10 Å². The summed E-state index contributed by atoms with van der Waals surface area (Å²) in [4.78, 5) is 12.5. The third kappa shape index (κ3) is 3.43. The third-order valence-corrected chi connectivity index (χ3v) is 2.94. The molecule has 2 heterocycles. The van der Waals surface area contributed by atoms with Crippen molar-refractivity contribution in [1.82, 2.24) is 24.7 Å². The van der Waals surface area contributed by atoms with E-state index in [9.17, 15) is 0 Å². The molecule has 0 fully saturated rings. The van der Waals surface area contributed by atoms with E-state index in [0.717, 1.165) is 12.2 Å². The van der Waals surface area contributed by atoms with Gasteiger partial charge in [0.25, 0.3) is 0 Å². The molecule has 2 rings (SSSR count). The smallest absolute Gasteiger partial charge is 0.218 e. The Morgan fingerprint density at radius 2 is 2.05 bits per heavy atom. The number of aryl methyl sites for hydroxylation is 1. The summed E-state index contributed by atoms with van der Waals surface area (Å²) in [5.74, 6) is 2.65. The molecule has 1 unspecified atom stereocenters. The van der Waals surface area contributed by atoms with Gasteiger partial charge >= 0.3 is 0 Å². The van der Waals surface area contributed by atoms with Crippen LogP contribution < -0.4 is 10.1 Å². The van der Waals surface area contributed by atoms with Crippen LogP contribution in [0.15, 0.2) is 18.7 Å². The van der Waals surface area contributed by atoms with Crippen molar-refractivity contribution in [3.63, 3.8) is 0 Å². The van der Waals surface area contributed by atoms with E-state index in [1.807, 2.05) is 7.05 Å². The Morgan fingerprint density at radius 1 is 1.25 bits per heavy atom. The maximum atomic E-state index is 5.11. The first-order valence-electron chi connectivity index (χ1n) is 6.56. The zero-order chi connectivity index (χ0) is 14.5. The maximum Gasteiger partial charge on any atom is 0.218 e. The molecule has 1 atom stereocenters. The summed E-state index contributed by atoms with van der Waals surface area (Å²) >= 11 is 0. The molecule has 0 radical (unpaired) electrons. The van der Waals surface area contributed by atoms with Crippen LogP contribution in [-0.2, 0) is 7.05 Å². The summed E-state index contributed by atoms with van der Waals surface area (Å²) < 4.78 is 6.88. The zero-order valence-corrected chi connectivity index (χ0v) is 12.2. The quantitative estimate of drug-likeness (QED) is 0.867. The lowest BCUT2D eigenvalue weighted by molar-refractivity contribution is 0.397. The van der Waals surface area contributed by atoms with E-state index < -0.39 is 0 Å². The lowest BCUT2D eigenvalue weighted by Crippen LogP contribution is -2.18.